The summed E-state index contributed by atoms with van der Waals surface area (Å²) in [5.74, 6) is 0. The standard InChI is InChI=1S/C15H14N8O2S/c24-9-16-19-11-6-4-10(5-7-11)17-14(25)18-12-2-1-3-13(8-12)23-15(26)20-21-22-23/h1-9,19H,(H,16,24)(H2,17,18,25)(H,20,22,26). The molecule has 0 atom stereocenters. The lowest BCUT2D eigenvalue weighted by Gasteiger charge is -2.10. The molecule has 0 unspecified atom stereocenters. The van der Waals surface area contributed by atoms with Crippen LogP contribution in [0.15, 0.2) is 53.7 Å². The number of hydrogen-bond donors (Lipinski definition) is 5. The van der Waals surface area contributed by atoms with Gasteiger partial charge in [-0.05, 0) is 52.9 Å². The molecule has 0 bridgehead atoms. The molecule has 3 aromatic rings. The number of amides is 3. The van der Waals surface area contributed by atoms with Gasteiger partial charge in [-0.25, -0.2) is 4.79 Å². The Morgan fingerprint density at radius 3 is 2.46 bits per heavy atom. The highest BCUT2D eigenvalue weighted by Gasteiger charge is 2.07. The van der Waals surface area contributed by atoms with Crippen LogP contribution in [0.4, 0.5) is 21.9 Å². The van der Waals surface area contributed by atoms with Crippen LogP contribution in [-0.2, 0) is 4.79 Å². The maximum Gasteiger partial charge on any atom is 0.323 e. The summed E-state index contributed by atoms with van der Waals surface area (Å²) < 4.78 is 1.44. The second-order valence-corrected chi connectivity index (χ2v) is 5.38. The summed E-state index contributed by atoms with van der Waals surface area (Å²) in [4.78, 5) is 22.4. The van der Waals surface area contributed by atoms with Gasteiger partial charge in [0.15, 0.2) is 0 Å². The number of anilines is 3. The van der Waals surface area contributed by atoms with E-state index in [-0.39, 0.29) is 0 Å². The fourth-order valence-corrected chi connectivity index (χ4v) is 2.30. The third-order valence-corrected chi connectivity index (χ3v) is 3.50. The Balaban J connectivity index is 1.63. The van der Waals surface area contributed by atoms with Gasteiger partial charge in [0.1, 0.15) is 0 Å². The predicted molar refractivity (Wildman–Crippen MR) is 98.3 cm³/mol. The first-order valence-electron chi connectivity index (χ1n) is 7.37. The van der Waals surface area contributed by atoms with Gasteiger partial charge in [0, 0.05) is 11.4 Å². The van der Waals surface area contributed by atoms with Crippen molar-refractivity contribution in [1.29, 1.82) is 0 Å². The molecule has 2 aromatic carbocycles. The zero-order valence-corrected chi connectivity index (χ0v) is 14.1. The molecule has 0 spiro atoms. The number of carbonyl (C=O) groups is 2. The topological polar surface area (TPSA) is 126 Å². The van der Waals surface area contributed by atoms with Crippen molar-refractivity contribution < 1.29 is 9.59 Å². The minimum atomic E-state index is -0.406. The summed E-state index contributed by atoms with van der Waals surface area (Å²) in [6.45, 7) is 0. The average Bonchev–Trinajstić information content (AvgIpc) is 3.07. The van der Waals surface area contributed by atoms with E-state index >= 15 is 0 Å². The van der Waals surface area contributed by atoms with E-state index in [1.807, 2.05) is 0 Å². The Hall–Kier alpha value is -3.60. The van der Waals surface area contributed by atoms with Crippen LogP contribution in [0.2, 0.25) is 0 Å². The Morgan fingerprint density at radius 2 is 1.77 bits per heavy atom. The van der Waals surface area contributed by atoms with Crippen LogP contribution in [0.25, 0.3) is 5.69 Å². The summed E-state index contributed by atoms with van der Waals surface area (Å²) in [6.07, 6.45) is 0.528. The molecule has 0 saturated heterocycles. The number of tetrazole rings is 1. The molecule has 4 N–H and O–H groups in total. The van der Waals surface area contributed by atoms with E-state index in [9.17, 15) is 9.59 Å². The molecule has 26 heavy (non-hydrogen) atoms. The molecule has 0 aliphatic heterocycles. The zero-order valence-electron chi connectivity index (χ0n) is 13.2. The Kier molecular flexibility index (Phi) is 5.29. The molecule has 3 amide bonds. The van der Waals surface area contributed by atoms with E-state index in [1.54, 1.807) is 48.5 Å². The summed E-state index contributed by atoms with van der Waals surface area (Å²) >= 11 is 4.16. The van der Waals surface area contributed by atoms with Crippen LogP contribution in [0.1, 0.15) is 0 Å². The summed E-state index contributed by atoms with van der Waals surface area (Å²) in [6, 6.07) is 13.4. The first-order chi connectivity index (χ1) is 12.7. The van der Waals surface area contributed by atoms with Crippen molar-refractivity contribution >= 4 is 42.1 Å². The van der Waals surface area contributed by atoms with Crippen LogP contribution in [-0.4, -0.2) is 32.6 Å². The van der Waals surface area contributed by atoms with Gasteiger partial charge in [-0.2, -0.15) is 4.68 Å². The lowest BCUT2D eigenvalue weighted by molar-refractivity contribution is -0.109. The number of benzene rings is 2. The maximum absolute atomic E-state index is 12.1. The molecule has 0 fully saturated rings. The SMILES string of the molecule is O=CNNc1ccc(NC(=O)Nc2cccc(-n3nnnc3S)c2)cc1. The molecule has 0 radical (unpaired) electrons. The molecule has 0 saturated carbocycles. The minimum Gasteiger partial charge on any atom is -0.308 e. The number of hydrazine groups is 1. The maximum atomic E-state index is 12.1. The number of urea groups is 1. The molecule has 1 aromatic heterocycles. The fraction of sp³-hybridized carbons (Fsp3) is 0. The normalized spacial score (nSPS) is 10.0. The van der Waals surface area contributed by atoms with Crippen molar-refractivity contribution in [3.05, 3.63) is 48.5 Å². The van der Waals surface area contributed by atoms with Crippen molar-refractivity contribution in [3.63, 3.8) is 0 Å². The van der Waals surface area contributed by atoms with Gasteiger partial charge in [-0.15, -0.1) is 17.7 Å². The highest BCUT2D eigenvalue weighted by Crippen LogP contribution is 2.17. The molecular formula is C15H14N8O2S. The summed E-state index contributed by atoms with van der Waals surface area (Å²) in [7, 11) is 0. The molecule has 0 aliphatic rings. The van der Waals surface area contributed by atoms with Gasteiger partial charge in [0.25, 0.3) is 0 Å². The summed E-state index contributed by atoms with van der Waals surface area (Å²) in [5, 5.41) is 16.8. The Morgan fingerprint density at radius 1 is 1.04 bits per heavy atom. The van der Waals surface area contributed by atoms with E-state index in [0.717, 1.165) is 0 Å². The van der Waals surface area contributed by atoms with Gasteiger partial charge in [0.05, 0.1) is 11.4 Å². The number of hydrogen-bond acceptors (Lipinski definition) is 7. The van der Waals surface area contributed by atoms with Crippen LogP contribution in [0.3, 0.4) is 0 Å². The van der Waals surface area contributed by atoms with Crippen LogP contribution in [0.5, 0.6) is 0 Å². The first kappa shape index (κ1) is 17.2. The van der Waals surface area contributed by atoms with Crippen molar-refractivity contribution in [3.8, 4) is 5.69 Å². The third kappa shape index (κ3) is 4.27. The Bertz CT molecular complexity index is 912. The van der Waals surface area contributed by atoms with Gasteiger partial charge >= 0.3 is 6.03 Å². The molecular weight excluding hydrogens is 356 g/mol. The molecule has 132 valence electrons. The molecule has 1 heterocycles. The number of nitrogens with one attached hydrogen (secondary N) is 4. The number of carbonyl (C=O) groups excluding carboxylic acids is 2. The highest BCUT2D eigenvalue weighted by molar-refractivity contribution is 7.80. The Labute approximate surface area is 153 Å². The van der Waals surface area contributed by atoms with Gasteiger partial charge < -0.3 is 10.6 Å². The molecule has 10 nitrogen and oxygen atoms in total. The highest BCUT2D eigenvalue weighted by atomic mass is 32.1. The monoisotopic (exact) mass is 370 g/mol. The van der Waals surface area contributed by atoms with E-state index in [0.29, 0.717) is 34.3 Å². The second kappa shape index (κ2) is 7.98. The lowest BCUT2D eigenvalue weighted by Crippen LogP contribution is -2.20. The van der Waals surface area contributed by atoms with E-state index in [2.05, 4.69) is 49.6 Å². The zero-order chi connectivity index (χ0) is 18.4. The molecule has 11 heteroatoms. The van der Waals surface area contributed by atoms with E-state index in [1.165, 1.54) is 4.68 Å². The number of rotatable bonds is 6. The van der Waals surface area contributed by atoms with Gasteiger partial charge in [-0.1, -0.05) is 6.07 Å². The van der Waals surface area contributed by atoms with Gasteiger partial charge in [0.2, 0.25) is 11.6 Å². The van der Waals surface area contributed by atoms with E-state index < -0.39 is 6.03 Å². The number of nitrogens with zero attached hydrogens (tertiary/aromatic N) is 4. The van der Waals surface area contributed by atoms with Crippen LogP contribution < -0.4 is 21.5 Å². The number of thiol groups is 1. The van der Waals surface area contributed by atoms with Gasteiger partial charge in [-0.3, -0.25) is 15.6 Å². The van der Waals surface area contributed by atoms with Crippen molar-refractivity contribution in [2.45, 2.75) is 5.16 Å². The fourth-order valence-electron chi connectivity index (χ4n) is 2.11. The largest absolute Gasteiger partial charge is 0.323 e. The van der Waals surface area contributed by atoms with Crippen LogP contribution in [0, 0.1) is 0 Å². The van der Waals surface area contributed by atoms with E-state index in [4.69, 9.17) is 0 Å². The number of aromatic nitrogens is 4. The van der Waals surface area contributed by atoms with Crippen molar-refractivity contribution in [2.24, 2.45) is 0 Å². The quantitative estimate of drug-likeness (QED) is 0.255. The molecule has 3 rings (SSSR count). The third-order valence-electron chi connectivity index (χ3n) is 3.22. The van der Waals surface area contributed by atoms with Crippen molar-refractivity contribution in [1.82, 2.24) is 25.6 Å². The molecule has 0 aliphatic carbocycles. The van der Waals surface area contributed by atoms with Crippen LogP contribution >= 0.6 is 12.6 Å². The van der Waals surface area contributed by atoms with Crippen molar-refractivity contribution in [2.75, 3.05) is 16.1 Å². The first-order valence-corrected chi connectivity index (χ1v) is 7.81. The smallest absolute Gasteiger partial charge is 0.308 e. The minimum absolute atomic E-state index is 0.337. The predicted octanol–water partition coefficient (Wildman–Crippen LogP) is 1.67. The second-order valence-electron chi connectivity index (χ2n) is 4.98. The average molecular weight is 370 g/mol. The lowest BCUT2D eigenvalue weighted by atomic mass is 10.2. The summed E-state index contributed by atoms with van der Waals surface area (Å²) in [5.41, 5.74) is 7.49.